The van der Waals surface area contributed by atoms with Gasteiger partial charge in [-0.15, -0.1) is 11.6 Å². The van der Waals surface area contributed by atoms with Crippen molar-refractivity contribution in [3.05, 3.63) is 11.6 Å². The van der Waals surface area contributed by atoms with Crippen molar-refractivity contribution in [1.82, 2.24) is 0 Å². The van der Waals surface area contributed by atoms with Gasteiger partial charge in [-0.2, -0.15) is 0 Å². The lowest BCUT2D eigenvalue weighted by Crippen LogP contribution is -2.58. The van der Waals surface area contributed by atoms with Gasteiger partial charge in [0, 0.05) is 11.8 Å². The molecule has 26 heavy (non-hydrogen) atoms. The van der Waals surface area contributed by atoms with Crippen LogP contribution in [0.15, 0.2) is 11.6 Å². The highest BCUT2D eigenvalue weighted by Gasteiger charge is 2.66. The number of allylic oxidation sites excluding steroid dienone is 1. The molecule has 0 bridgehead atoms. The number of Topliss-reactive ketones (excluding diaryl/α,β-unsaturated/α-hetero) is 1. The summed E-state index contributed by atoms with van der Waals surface area (Å²) in [6, 6.07) is 0. The standard InChI is InChI=1S/C22H31ClO3/c1-13-10-15-16(20(2)7-4-14(24)11-18(13)20)5-8-21(3)17(15)6-9-22(21,26)19(25)12-23/h11,13,15-17,26H,4-10,12H2,1-3H3/t13-,15+,16-,17-,20+,21-,22-/m0/s1. The van der Waals surface area contributed by atoms with Gasteiger partial charge < -0.3 is 5.11 Å². The molecule has 7 atom stereocenters. The molecule has 0 radical (unpaired) electrons. The van der Waals surface area contributed by atoms with Crippen LogP contribution in [0.4, 0.5) is 0 Å². The van der Waals surface area contributed by atoms with Crippen molar-refractivity contribution < 1.29 is 14.7 Å². The second kappa shape index (κ2) is 5.91. The van der Waals surface area contributed by atoms with Crippen LogP contribution in [0.1, 0.15) is 65.7 Å². The Bertz CT molecular complexity index is 685. The minimum Gasteiger partial charge on any atom is -0.381 e. The van der Waals surface area contributed by atoms with Crippen LogP contribution < -0.4 is 0 Å². The average Bonchev–Trinajstić information content (AvgIpc) is 2.88. The van der Waals surface area contributed by atoms with E-state index in [9.17, 15) is 14.7 Å². The maximum atomic E-state index is 12.5. The van der Waals surface area contributed by atoms with Gasteiger partial charge in [0.05, 0.1) is 5.88 Å². The van der Waals surface area contributed by atoms with Crippen LogP contribution in [0.25, 0.3) is 0 Å². The van der Waals surface area contributed by atoms with E-state index in [4.69, 9.17) is 11.6 Å². The number of carbonyl (C=O) groups is 2. The highest BCUT2D eigenvalue weighted by Crippen LogP contribution is 2.68. The molecular weight excluding hydrogens is 348 g/mol. The summed E-state index contributed by atoms with van der Waals surface area (Å²) in [5, 5.41) is 11.3. The Balaban J connectivity index is 1.72. The molecule has 4 rings (SSSR count). The summed E-state index contributed by atoms with van der Waals surface area (Å²) in [5.74, 6) is 1.85. The van der Waals surface area contributed by atoms with E-state index in [2.05, 4.69) is 20.8 Å². The number of halogens is 1. The number of ketones is 2. The number of carbonyl (C=O) groups excluding carboxylic acids is 2. The molecule has 4 heteroatoms. The van der Waals surface area contributed by atoms with Gasteiger partial charge in [0.1, 0.15) is 5.60 Å². The third-order valence-electron chi connectivity index (χ3n) is 9.01. The van der Waals surface area contributed by atoms with Crippen LogP contribution in [0.2, 0.25) is 0 Å². The first-order chi connectivity index (χ1) is 12.2. The Kier molecular flexibility index (Phi) is 4.25. The molecule has 1 N–H and O–H groups in total. The third-order valence-corrected chi connectivity index (χ3v) is 9.26. The second-order valence-corrected chi connectivity index (χ2v) is 10.2. The Morgan fingerprint density at radius 3 is 2.62 bits per heavy atom. The molecule has 0 heterocycles. The SMILES string of the molecule is C[C@H]1C[C@@H]2[C@H](CC[C@@]3(C)[C@H]2CC[C@]3(O)C(=O)CCl)[C@@]2(C)CCC(=O)C=C12. The first-order valence-corrected chi connectivity index (χ1v) is 10.8. The van der Waals surface area contributed by atoms with Crippen LogP contribution in [-0.4, -0.2) is 28.2 Å². The monoisotopic (exact) mass is 378 g/mol. The fourth-order valence-corrected chi connectivity index (χ4v) is 7.79. The minimum absolute atomic E-state index is 0.101. The molecule has 0 unspecified atom stereocenters. The average molecular weight is 379 g/mol. The van der Waals surface area contributed by atoms with Crippen LogP contribution in [-0.2, 0) is 9.59 Å². The van der Waals surface area contributed by atoms with Crippen molar-refractivity contribution in [2.24, 2.45) is 34.5 Å². The van der Waals surface area contributed by atoms with E-state index in [0.29, 0.717) is 36.5 Å². The van der Waals surface area contributed by atoms with E-state index in [1.807, 2.05) is 6.08 Å². The maximum absolute atomic E-state index is 12.5. The summed E-state index contributed by atoms with van der Waals surface area (Å²) in [6.07, 6.45) is 8.01. The zero-order valence-corrected chi connectivity index (χ0v) is 16.9. The van der Waals surface area contributed by atoms with Crippen molar-refractivity contribution in [2.75, 3.05) is 5.88 Å². The zero-order chi connectivity index (χ0) is 18.9. The Hall–Kier alpha value is -0.670. The smallest absolute Gasteiger partial charge is 0.179 e. The van der Waals surface area contributed by atoms with Crippen LogP contribution in [0, 0.1) is 34.5 Å². The first kappa shape index (κ1) is 18.7. The van der Waals surface area contributed by atoms with E-state index in [0.717, 1.165) is 32.1 Å². The lowest BCUT2D eigenvalue weighted by atomic mass is 9.45. The molecule has 144 valence electrons. The van der Waals surface area contributed by atoms with Crippen molar-refractivity contribution in [3.8, 4) is 0 Å². The number of hydrogen-bond acceptors (Lipinski definition) is 3. The molecule has 0 aromatic carbocycles. The molecule has 3 nitrogen and oxygen atoms in total. The van der Waals surface area contributed by atoms with Crippen molar-refractivity contribution >= 4 is 23.2 Å². The van der Waals surface area contributed by atoms with Gasteiger partial charge in [0.2, 0.25) is 0 Å². The Morgan fingerprint density at radius 1 is 1.23 bits per heavy atom. The Labute approximate surface area is 161 Å². The number of rotatable bonds is 2. The molecule has 4 aliphatic carbocycles. The summed E-state index contributed by atoms with van der Waals surface area (Å²) in [7, 11) is 0. The van der Waals surface area contributed by atoms with Gasteiger partial charge in [-0.1, -0.05) is 26.3 Å². The quantitative estimate of drug-likeness (QED) is 0.728. The summed E-state index contributed by atoms with van der Waals surface area (Å²) in [5.41, 5.74) is -0.146. The van der Waals surface area contributed by atoms with Crippen molar-refractivity contribution in [3.63, 3.8) is 0 Å². The molecule has 0 spiro atoms. The van der Waals surface area contributed by atoms with E-state index in [1.165, 1.54) is 5.57 Å². The highest BCUT2D eigenvalue weighted by molar-refractivity contribution is 6.29. The largest absolute Gasteiger partial charge is 0.381 e. The van der Waals surface area contributed by atoms with Gasteiger partial charge in [0.25, 0.3) is 0 Å². The lowest BCUT2D eigenvalue weighted by molar-refractivity contribution is -0.160. The summed E-state index contributed by atoms with van der Waals surface area (Å²) in [6.45, 7) is 6.76. The zero-order valence-electron chi connectivity index (χ0n) is 16.2. The number of fused-ring (bicyclic) bond motifs is 5. The molecular formula is C22H31ClO3. The predicted molar refractivity (Wildman–Crippen MR) is 102 cm³/mol. The van der Waals surface area contributed by atoms with E-state index in [-0.39, 0.29) is 28.3 Å². The highest BCUT2D eigenvalue weighted by atomic mass is 35.5. The fraction of sp³-hybridized carbons (Fsp3) is 0.818. The lowest BCUT2D eigenvalue weighted by Gasteiger charge is -2.60. The van der Waals surface area contributed by atoms with E-state index >= 15 is 0 Å². The van der Waals surface area contributed by atoms with Gasteiger partial charge in [-0.3, -0.25) is 9.59 Å². The number of alkyl halides is 1. The molecule has 4 aliphatic rings. The van der Waals surface area contributed by atoms with Gasteiger partial charge in [-0.05, 0) is 73.7 Å². The second-order valence-electron chi connectivity index (χ2n) is 9.91. The number of aliphatic hydroxyl groups is 1. The fourth-order valence-electron chi connectivity index (χ4n) is 7.57. The van der Waals surface area contributed by atoms with E-state index < -0.39 is 5.60 Å². The van der Waals surface area contributed by atoms with Gasteiger partial charge in [-0.25, -0.2) is 0 Å². The topological polar surface area (TPSA) is 54.4 Å². The van der Waals surface area contributed by atoms with Crippen LogP contribution in [0.5, 0.6) is 0 Å². The Morgan fingerprint density at radius 2 is 1.92 bits per heavy atom. The normalized spacial score (nSPS) is 50.5. The molecule has 0 saturated heterocycles. The van der Waals surface area contributed by atoms with Crippen molar-refractivity contribution in [1.29, 1.82) is 0 Å². The number of hydrogen-bond donors (Lipinski definition) is 1. The molecule has 0 aromatic heterocycles. The van der Waals surface area contributed by atoms with Gasteiger partial charge in [0.15, 0.2) is 11.6 Å². The molecule has 0 aliphatic heterocycles. The molecule has 0 aromatic rings. The minimum atomic E-state index is -1.26. The maximum Gasteiger partial charge on any atom is 0.179 e. The van der Waals surface area contributed by atoms with Crippen LogP contribution >= 0.6 is 11.6 Å². The molecule has 3 fully saturated rings. The van der Waals surface area contributed by atoms with Crippen LogP contribution in [0.3, 0.4) is 0 Å². The summed E-state index contributed by atoms with van der Waals surface area (Å²) < 4.78 is 0. The first-order valence-electron chi connectivity index (χ1n) is 10.2. The third kappa shape index (κ3) is 2.22. The summed E-state index contributed by atoms with van der Waals surface area (Å²) in [4.78, 5) is 24.6. The predicted octanol–water partition coefficient (Wildman–Crippen LogP) is 4.30. The molecule has 0 amide bonds. The molecule has 3 saturated carbocycles. The van der Waals surface area contributed by atoms with Crippen molar-refractivity contribution in [2.45, 2.75) is 71.3 Å². The van der Waals surface area contributed by atoms with Gasteiger partial charge >= 0.3 is 0 Å². The summed E-state index contributed by atoms with van der Waals surface area (Å²) >= 11 is 5.85. The van der Waals surface area contributed by atoms with E-state index in [1.54, 1.807) is 0 Å².